The summed E-state index contributed by atoms with van der Waals surface area (Å²) in [6.07, 6.45) is 2.13. The Morgan fingerprint density at radius 1 is 1.27 bits per heavy atom. The Kier molecular flexibility index (Phi) is 7.62. The number of rotatable bonds is 7. The quantitative estimate of drug-likeness (QED) is 0.400. The predicted octanol–water partition coefficient (Wildman–Crippen LogP) is 3.42. The second-order valence-electron chi connectivity index (χ2n) is 9.11. The molecule has 37 heavy (non-hydrogen) atoms. The Bertz CT molecular complexity index is 1440. The number of anilines is 1. The number of piperidine rings is 1. The summed E-state index contributed by atoms with van der Waals surface area (Å²) in [5.41, 5.74) is 2.01. The van der Waals surface area contributed by atoms with Crippen LogP contribution in [0.5, 0.6) is 5.75 Å². The van der Waals surface area contributed by atoms with Gasteiger partial charge in [-0.2, -0.15) is 0 Å². The maximum absolute atomic E-state index is 13.1. The molecule has 1 aromatic heterocycles. The number of nitrogens with zero attached hydrogens (tertiary/aromatic N) is 2. The van der Waals surface area contributed by atoms with E-state index >= 15 is 0 Å². The van der Waals surface area contributed by atoms with Gasteiger partial charge in [0.2, 0.25) is 15.9 Å². The molecular formula is C25H27ClN4O5S2. The highest BCUT2D eigenvalue weighted by Crippen LogP contribution is 2.37. The highest BCUT2D eigenvalue weighted by atomic mass is 35.5. The molecule has 1 fully saturated rings. The average molecular weight is 563 g/mol. The summed E-state index contributed by atoms with van der Waals surface area (Å²) < 4.78 is 34.3. The molecule has 2 aromatic carbocycles. The number of nitrogens with one attached hydrogen (secondary N) is 2. The molecule has 0 aliphatic carbocycles. The van der Waals surface area contributed by atoms with E-state index in [0.29, 0.717) is 43.9 Å². The number of β-amino-alcohol motifs (C(OH)–C–C–N with tert-alkyl or cyclic N) is 1. The predicted molar refractivity (Wildman–Crippen MR) is 144 cm³/mol. The topological polar surface area (TPSA) is 121 Å². The molecule has 2 aliphatic heterocycles. The van der Waals surface area contributed by atoms with Crippen molar-refractivity contribution in [2.75, 3.05) is 37.8 Å². The van der Waals surface area contributed by atoms with Gasteiger partial charge < -0.3 is 20.1 Å². The third kappa shape index (κ3) is 5.71. The Balaban J connectivity index is 1.22. The Hall–Kier alpha value is -2.41. The molecule has 0 bridgehead atoms. The van der Waals surface area contributed by atoms with Crippen molar-refractivity contribution in [1.82, 2.24) is 14.6 Å². The number of methoxy groups -OCH3 is 1. The van der Waals surface area contributed by atoms with Crippen LogP contribution in [0.4, 0.5) is 5.69 Å². The minimum absolute atomic E-state index is 0.0476. The summed E-state index contributed by atoms with van der Waals surface area (Å²) in [7, 11) is -2.29. The van der Waals surface area contributed by atoms with Gasteiger partial charge in [-0.05, 0) is 67.9 Å². The summed E-state index contributed by atoms with van der Waals surface area (Å²) >= 11 is 7.63. The average Bonchev–Trinajstić information content (AvgIpc) is 2.88. The molecule has 2 aliphatic rings. The van der Waals surface area contributed by atoms with Gasteiger partial charge in [0.1, 0.15) is 10.6 Å². The SMILES string of the molecule is COc1ccc2nccc([C@@H](O)CN3CCC(NS(=O)(=O)c4cc5c(cc4Cl)SCC(=O)N5)CC3)c2c1. The smallest absolute Gasteiger partial charge is 0.242 e. The second kappa shape index (κ2) is 10.8. The maximum atomic E-state index is 13.1. The van der Waals surface area contributed by atoms with E-state index in [2.05, 4.69) is 19.9 Å². The largest absolute Gasteiger partial charge is 0.497 e. The molecule has 0 spiro atoms. The number of ether oxygens (including phenoxy) is 1. The van der Waals surface area contributed by atoms with Crippen molar-refractivity contribution in [1.29, 1.82) is 0 Å². The molecule has 1 atom stereocenters. The number of hydrogen-bond donors (Lipinski definition) is 3. The van der Waals surface area contributed by atoms with Crippen molar-refractivity contribution >= 4 is 55.9 Å². The summed E-state index contributed by atoms with van der Waals surface area (Å²) in [5.74, 6) is 0.791. The van der Waals surface area contributed by atoms with Gasteiger partial charge >= 0.3 is 0 Å². The van der Waals surface area contributed by atoms with E-state index in [1.165, 1.54) is 17.8 Å². The van der Waals surface area contributed by atoms with Crippen molar-refractivity contribution in [3.63, 3.8) is 0 Å². The second-order valence-corrected chi connectivity index (χ2v) is 12.2. The van der Waals surface area contributed by atoms with Crippen LogP contribution in [0.3, 0.4) is 0 Å². The summed E-state index contributed by atoms with van der Waals surface area (Å²) in [5, 5.41) is 14.7. The first-order valence-corrected chi connectivity index (χ1v) is 14.7. The first-order valence-electron chi connectivity index (χ1n) is 11.8. The number of fused-ring (bicyclic) bond motifs is 2. The lowest BCUT2D eigenvalue weighted by Gasteiger charge is -2.33. The number of aromatic nitrogens is 1. The third-order valence-electron chi connectivity index (χ3n) is 6.64. The number of benzene rings is 2. The molecule has 3 heterocycles. The van der Waals surface area contributed by atoms with Crippen molar-refractivity contribution in [2.45, 2.75) is 34.8 Å². The molecule has 9 nitrogen and oxygen atoms in total. The van der Waals surface area contributed by atoms with Crippen molar-refractivity contribution in [3.05, 3.63) is 53.2 Å². The maximum Gasteiger partial charge on any atom is 0.242 e. The number of halogens is 1. The number of likely N-dealkylation sites (tertiary alicyclic amines) is 1. The van der Waals surface area contributed by atoms with E-state index in [0.717, 1.165) is 21.4 Å². The number of thioether (sulfide) groups is 1. The third-order valence-corrected chi connectivity index (χ3v) is 9.68. The van der Waals surface area contributed by atoms with Crippen LogP contribution in [0.25, 0.3) is 10.9 Å². The number of sulfonamides is 1. The van der Waals surface area contributed by atoms with Crippen LogP contribution in [0.15, 0.2) is 52.4 Å². The molecule has 3 aromatic rings. The summed E-state index contributed by atoms with van der Waals surface area (Å²) in [6, 6.07) is 10.1. The van der Waals surface area contributed by atoms with E-state index in [1.54, 1.807) is 19.4 Å². The Morgan fingerprint density at radius 2 is 2.05 bits per heavy atom. The zero-order chi connectivity index (χ0) is 26.2. The molecule has 0 radical (unpaired) electrons. The zero-order valence-electron chi connectivity index (χ0n) is 20.1. The number of aliphatic hydroxyl groups is 1. The van der Waals surface area contributed by atoms with Crippen LogP contribution in [0.2, 0.25) is 5.02 Å². The fourth-order valence-corrected chi connectivity index (χ4v) is 7.46. The number of hydrogen-bond acceptors (Lipinski definition) is 8. The minimum Gasteiger partial charge on any atom is -0.497 e. The normalized spacial score (nSPS) is 17.9. The van der Waals surface area contributed by atoms with Crippen molar-refractivity contribution in [2.24, 2.45) is 0 Å². The molecule has 1 saturated heterocycles. The molecule has 12 heteroatoms. The van der Waals surface area contributed by atoms with Gasteiger partial charge in [-0.1, -0.05) is 11.6 Å². The number of carbonyl (C=O) groups is 1. The van der Waals surface area contributed by atoms with Crippen molar-refractivity contribution < 1.29 is 23.1 Å². The number of amides is 1. The number of pyridine rings is 1. The number of carbonyl (C=O) groups excluding carboxylic acids is 1. The van der Waals surface area contributed by atoms with Gasteiger partial charge in [0.25, 0.3) is 0 Å². The standard InChI is InChI=1S/C25H27ClN4O5S2/c1-35-16-2-3-20-18(10-16)17(4-7-27-20)22(31)13-30-8-5-15(6-9-30)29-37(33,34)24-12-21-23(11-19(24)26)36-14-25(32)28-21/h2-4,7,10-12,15,22,29,31H,5-6,8-9,13-14H2,1H3,(H,28,32)/t22-/m0/s1. The lowest BCUT2D eigenvalue weighted by molar-refractivity contribution is -0.113. The lowest BCUT2D eigenvalue weighted by atomic mass is 10.0. The van der Waals surface area contributed by atoms with Crippen LogP contribution in [0.1, 0.15) is 24.5 Å². The molecule has 0 unspecified atom stereocenters. The Morgan fingerprint density at radius 3 is 2.81 bits per heavy atom. The first-order chi connectivity index (χ1) is 17.7. The van der Waals surface area contributed by atoms with E-state index in [-0.39, 0.29) is 27.6 Å². The zero-order valence-corrected chi connectivity index (χ0v) is 22.5. The van der Waals surface area contributed by atoms with E-state index in [1.807, 2.05) is 24.3 Å². The highest BCUT2D eigenvalue weighted by molar-refractivity contribution is 8.00. The van der Waals surface area contributed by atoms with Crippen LogP contribution in [-0.4, -0.2) is 67.9 Å². The molecule has 3 N–H and O–H groups in total. The monoisotopic (exact) mass is 562 g/mol. The summed E-state index contributed by atoms with van der Waals surface area (Å²) in [4.78, 5) is 18.9. The van der Waals surface area contributed by atoms with Crippen LogP contribution < -0.4 is 14.8 Å². The first kappa shape index (κ1) is 26.2. The van der Waals surface area contributed by atoms with E-state index in [9.17, 15) is 18.3 Å². The fraction of sp³-hybridized carbons (Fsp3) is 0.360. The number of aliphatic hydroxyl groups excluding tert-OH is 1. The molecule has 196 valence electrons. The molecular weight excluding hydrogens is 536 g/mol. The molecule has 5 rings (SSSR count). The Labute approximate surface area is 224 Å². The van der Waals surface area contributed by atoms with Gasteiger partial charge in [-0.3, -0.25) is 9.78 Å². The van der Waals surface area contributed by atoms with Gasteiger partial charge in [-0.25, -0.2) is 13.1 Å². The van der Waals surface area contributed by atoms with Crippen LogP contribution >= 0.6 is 23.4 Å². The molecule has 0 saturated carbocycles. The van der Waals surface area contributed by atoms with Crippen LogP contribution in [-0.2, 0) is 14.8 Å². The lowest BCUT2D eigenvalue weighted by Crippen LogP contribution is -2.45. The van der Waals surface area contributed by atoms with E-state index in [4.69, 9.17) is 16.3 Å². The van der Waals surface area contributed by atoms with Gasteiger partial charge in [0, 0.05) is 29.1 Å². The van der Waals surface area contributed by atoms with Gasteiger partial charge in [0.15, 0.2) is 0 Å². The van der Waals surface area contributed by atoms with Crippen LogP contribution in [0, 0.1) is 0 Å². The van der Waals surface area contributed by atoms with Gasteiger partial charge in [0.05, 0.1) is 35.2 Å². The summed E-state index contributed by atoms with van der Waals surface area (Å²) in [6.45, 7) is 1.67. The minimum atomic E-state index is -3.89. The molecule has 1 amide bonds. The highest BCUT2D eigenvalue weighted by Gasteiger charge is 2.29. The van der Waals surface area contributed by atoms with E-state index < -0.39 is 16.1 Å². The van der Waals surface area contributed by atoms with Gasteiger partial charge in [-0.15, -0.1) is 11.8 Å². The van der Waals surface area contributed by atoms with Crippen molar-refractivity contribution in [3.8, 4) is 5.75 Å². The fourth-order valence-electron chi connectivity index (χ4n) is 4.71.